The van der Waals surface area contributed by atoms with Gasteiger partial charge in [0.15, 0.2) is 0 Å². The molecule has 0 radical (unpaired) electrons. The average molecular weight is 198 g/mol. The molecule has 0 fully saturated rings. The van der Waals surface area contributed by atoms with Crippen LogP contribution < -0.4 is 5.73 Å². The van der Waals surface area contributed by atoms with E-state index in [1.165, 1.54) is 6.92 Å². The number of aromatic amines is 1. The normalized spacial score (nSPS) is 14.9. The quantitative estimate of drug-likeness (QED) is 0.619. The summed E-state index contributed by atoms with van der Waals surface area (Å²) in [5.74, 6) is -1.10. The first-order valence-corrected chi connectivity index (χ1v) is 4.07. The number of carboxylic acid groups (broad SMARTS) is 1. The molecule has 0 amide bonds. The largest absolute Gasteiger partial charge is 0.480 e. The van der Waals surface area contributed by atoms with E-state index in [-0.39, 0.29) is 0 Å². The van der Waals surface area contributed by atoms with E-state index in [2.05, 4.69) is 4.98 Å². The minimum atomic E-state index is -1.44. The fraction of sp³-hybridized carbons (Fsp3) is 0.250. The summed E-state index contributed by atoms with van der Waals surface area (Å²) in [7, 11) is 0. The molecule has 0 saturated heterocycles. The van der Waals surface area contributed by atoms with Gasteiger partial charge in [-0.1, -0.05) is 18.3 Å². The molecular formula is C8H10N2O2S. The van der Waals surface area contributed by atoms with Crippen molar-refractivity contribution in [3.8, 4) is 0 Å². The Morgan fingerprint density at radius 2 is 2.38 bits per heavy atom. The summed E-state index contributed by atoms with van der Waals surface area (Å²) in [4.78, 5) is 13.5. The van der Waals surface area contributed by atoms with Gasteiger partial charge in [-0.05, 0) is 13.0 Å². The zero-order chi connectivity index (χ0) is 10.1. The van der Waals surface area contributed by atoms with Crippen molar-refractivity contribution in [1.29, 1.82) is 0 Å². The van der Waals surface area contributed by atoms with Crippen molar-refractivity contribution in [2.24, 2.45) is 5.73 Å². The predicted octanol–water partition coefficient (Wildman–Crippen LogP) is 1.00. The minimum absolute atomic E-state index is 0.356. The number of nitrogens with one attached hydrogen (secondary N) is 1. The van der Waals surface area contributed by atoms with E-state index in [0.717, 1.165) is 0 Å². The lowest BCUT2D eigenvalue weighted by atomic mass is 9.95. The van der Waals surface area contributed by atoms with Crippen LogP contribution in [0.4, 0.5) is 0 Å². The molecule has 0 aliphatic heterocycles. The first-order chi connectivity index (χ1) is 5.96. The molecule has 1 aromatic heterocycles. The number of rotatable bonds is 2. The summed E-state index contributed by atoms with van der Waals surface area (Å²) < 4.78 is 0.356. The molecule has 1 aromatic rings. The van der Waals surface area contributed by atoms with E-state index in [9.17, 15) is 4.79 Å². The molecule has 70 valence electrons. The Morgan fingerprint density at radius 1 is 1.77 bits per heavy atom. The van der Waals surface area contributed by atoms with Crippen LogP contribution >= 0.6 is 12.2 Å². The maximum atomic E-state index is 10.8. The molecule has 0 spiro atoms. The van der Waals surface area contributed by atoms with Crippen molar-refractivity contribution in [3.05, 3.63) is 28.5 Å². The SMILES string of the molecule is CC(N)(C(=O)O)c1ccc[nH]c1=S. The molecule has 0 saturated carbocycles. The molecule has 0 bridgehead atoms. The topological polar surface area (TPSA) is 79.1 Å². The van der Waals surface area contributed by atoms with E-state index >= 15 is 0 Å². The number of aliphatic carboxylic acids is 1. The van der Waals surface area contributed by atoms with Crippen molar-refractivity contribution < 1.29 is 9.90 Å². The molecular weight excluding hydrogens is 188 g/mol. The van der Waals surface area contributed by atoms with Crippen LogP contribution in [-0.4, -0.2) is 16.1 Å². The second kappa shape index (κ2) is 3.27. The molecule has 1 heterocycles. The summed E-state index contributed by atoms with van der Waals surface area (Å²) in [5, 5.41) is 8.83. The monoisotopic (exact) mass is 198 g/mol. The summed E-state index contributed by atoms with van der Waals surface area (Å²) in [6, 6.07) is 3.27. The van der Waals surface area contributed by atoms with Gasteiger partial charge in [0.25, 0.3) is 0 Å². The molecule has 13 heavy (non-hydrogen) atoms. The number of H-pyrrole nitrogens is 1. The third-order valence-corrected chi connectivity index (χ3v) is 2.16. The van der Waals surface area contributed by atoms with Gasteiger partial charge in [-0.2, -0.15) is 0 Å². The first kappa shape index (κ1) is 9.88. The van der Waals surface area contributed by atoms with Crippen molar-refractivity contribution in [2.45, 2.75) is 12.5 Å². The van der Waals surface area contributed by atoms with Crippen LogP contribution in [-0.2, 0) is 10.3 Å². The van der Waals surface area contributed by atoms with Gasteiger partial charge >= 0.3 is 5.97 Å². The van der Waals surface area contributed by atoms with Crippen LogP contribution in [0.5, 0.6) is 0 Å². The van der Waals surface area contributed by atoms with E-state index in [0.29, 0.717) is 10.2 Å². The summed E-state index contributed by atoms with van der Waals surface area (Å²) >= 11 is 4.92. The van der Waals surface area contributed by atoms with E-state index in [1.54, 1.807) is 18.3 Å². The van der Waals surface area contributed by atoms with Crippen LogP contribution in [0, 0.1) is 4.64 Å². The number of hydrogen-bond acceptors (Lipinski definition) is 3. The van der Waals surface area contributed by atoms with Crippen LogP contribution in [0.25, 0.3) is 0 Å². The number of carboxylic acids is 1. The third-order valence-electron chi connectivity index (χ3n) is 1.82. The minimum Gasteiger partial charge on any atom is -0.480 e. The highest BCUT2D eigenvalue weighted by Gasteiger charge is 2.31. The number of hydrogen-bond donors (Lipinski definition) is 3. The zero-order valence-corrected chi connectivity index (χ0v) is 7.89. The van der Waals surface area contributed by atoms with Gasteiger partial charge in [0.1, 0.15) is 10.2 Å². The maximum Gasteiger partial charge on any atom is 0.328 e. The maximum absolute atomic E-state index is 10.8. The van der Waals surface area contributed by atoms with E-state index in [4.69, 9.17) is 23.1 Å². The van der Waals surface area contributed by atoms with Gasteiger partial charge in [-0.25, -0.2) is 4.79 Å². The highest BCUT2D eigenvalue weighted by Crippen LogP contribution is 2.17. The van der Waals surface area contributed by atoms with Crippen LogP contribution in [0.1, 0.15) is 12.5 Å². The van der Waals surface area contributed by atoms with Crippen LogP contribution in [0.3, 0.4) is 0 Å². The van der Waals surface area contributed by atoms with Crippen molar-refractivity contribution in [3.63, 3.8) is 0 Å². The lowest BCUT2D eigenvalue weighted by Gasteiger charge is -2.18. The molecule has 1 unspecified atom stereocenters. The second-order valence-electron chi connectivity index (χ2n) is 2.92. The zero-order valence-electron chi connectivity index (χ0n) is 7.07. The summed E-state index contributed by atoms with van der Waals surface area (Å²) in [6.07, 6.45) is 1.63. The van der Waals surface area contributed by atoms with Gasteiger partial charge in [0, 0.05) is 11.8 Å². The Labute approximate surface area is 80.4 Å². The Morgan fingerprint density at radius 3 is 2.85 bits per heavy atom. The molecule has 4 nitrogen and oxygen atoms in total. The standard InChI is InChI=1S/C8H10N2O2S/c1-8(9,7(11)12)5-3-2-4-10-6(5)13/h2-4H,9H2,1H3,(H,10,13)(H,11,12). The van der Waals surface area contributed by atoms with Gasteiger partial charge < -0.3 is 15.8 Å². The number of carbonyl (C=O) groups is 1. The number of nitrogens with two attached hydrogens (primary N) is 1. The molecule has 0 aliphatic rings. The van der Waals surface area contributed by atoms with Crippen LogP contribution in [0.2, 0.25) is 0 Å². The molecule has 4 N–H and O–H groups in total. The van der Waals surface area contributed by atoms with Gasteiger partial charge in [-0.15, -0.1) is 0 Å². The highest BCUT2D eigenvalue weighted by atomic mass is 32.1. The van der Waals surface area contributed by atoms with E-state index in [1.807, 2.05) is 0 Å². The number of pyridine rings is 1. The Bertz CT molecular complexity index is 384. The van der Waals surface area contributed by atoms with Crippen molar-refractivity contribution in [2.75, 3.05) is 0 Å². The predicted molar refractivity (Wildman–Crippen MR) is 50.8 cm³/mol. The molecule has 0 aliphatic carbocycles. The lowest BCUT2D eigenvalue weighted by Crippen LogP contribution is -2.42. The smallest absolute Gasteiger partial charge is 0.328 e. The first-order valence-electron chi connectivity index (χ1n) is 3.66. The highest BCUT2D eigenvalue weighted by molar-refractivity contribution is 7.71. The molecule has 5 heteroatoms. The molecule has 0 aromatic carbocycles. The van der Waals surface area contributed by atoms with Gasteiger partial charge in [0.2, 0.25) is 0 Å². The van der Waals surface area contributed by atoms with E-state index < -0.39 is 11.5 Å². The summed E-state index contributed by atoms with van der Waals surface area (Å²) in [5.41, 5.74) is 4.57. The van der Waals surface area contributed by atoms with Crippen molar-refractivity contribution >= 4 is 18.2 Å². The van der Waals surface area contributed by atoms with Crippen LogP contribution in [0.15, 0.2) is 18.3 Å². The lowest BCUT2D eigenvalue weighted by molar-refractivity contribution is -0.143. The fourth-order valence-electron chi connectivity index (χ4n) is 0.946. The van der Waals surface area contributed by atoms with Gasteiger partial charge in [-0.3, -0.25) is 0 Å². The van der Waals surface area contributed by atoms with Crippen molar-refractivity contribution in [1.82, 2.24) is 4.98 Å². The van der Waals surface area contributed by atoms with Gasteiger partial charge in [0.05, 0.1) is 0 Å². The summed E-state index contributed by atoms with van der Waals surface area (Å²) in [6.45, 7) is 1.41. The second-order valence-corrected chi connectivity index (χ2v) is 3.33. The molecule has 1 atom stereocenters. The Hall–Kier alpha value is -1.20. The Kier molecular flexibility index (Phi) is 2.49. The number of aromatic nitrogens is 1. The Balaban J connectivity index is 3.30. The fourth-order valence-corrected chi connectivity index (χ4v) is 1.29. The molecule has 1 rings (SSSR count). The average Bonchev–Trinajstić information content (AvgIpc) is 2.04. The third kappa shape index (κ3) is 1.76.